The van der Waals surface area contributed by atoms with E-state index in [1.54, 1.807) is 7.11 Å². The largest absolute Gasteiger partial charge is 0.412 e. The summed E-state index contributed by atoms with van der Waals surface area (Å²) in [5.41, 5.74) is 2.30. The Morgan fingerprint density at radius 2 is 2.00 bits per heavy atom. The number of aromatic nitrogens is 2. The van der Waals surface area contributed by atoms with Crippen molar-refractivity contribution in [3.05, 3.63) is 30.1 Å². The van der Waals surface area contributed by atoms with Crippen LogP contribution in [0.15, 0.2) is 30.1 Å². The molecule has 0 radical (unpaired) electrons. The van der Waals surface area contributed by atoms with Crippen LogP contribution >= 0.6 is 0 Å². The molecular formula is C22H43N5O3. The molecule has 1 aliphatic carbocycles. The molecule has 174 valence electrons. The topological polar surface area (TPSA) is 117 Å². The van der Waals surface area contributed by atoms with Gasteiger partial charge in [0.1, 0.15) is 12.0 Å². The van der Waals surface area contributed by atoms with Crippen LogP contribution < -0.4 is 15.5 Å². The van der Waals surface area contributed by atoms with Gasteiger partial charge in [-0.15, -0.1) is 0 Å². The van der Waals surface area contributed by atoms with E-state index in [0.717, 1.165) is 30.9 Å². The fourth-order valence-electron chi connectivity index (χ4n) is 3.23. The summed E-state index contributed by atoms with van der Waals surface area (Å²) in [6.07, 6.45) is 15.2. The van der Waals surface area contributed by atoms with Crippen LogP contribution in [0.4, 0.5) is 11.5 Å². The van der Waals surface area contributed by atoms with Gasteiger partial charge in [0.15, 0.2) is 0 Å². The highest BCUT2D eigenvalue weighted by molar-refractivity contribution is 5.65. The van der Waals surface area contributed by atoms with Gasteiger partial charge in [-0.25, -0.2) is 0 Å². The standard InChI is InChI=1S/C16H25N5O.C4H10O.C2H6.H2O/c1-21(11-12-7-8-15(22-2)17-9-12)16-14(10-18-20-16)19-13-5-3-4-6-13;1-2-3-4-5;1-2;/h7-10,13,15,17,19H,3-6,11H2,1-2H3,(H,18,20);5H,2-4H2,1H3;1-2H3;1H2. The van der Waals surface area contributed by atoms with Gasteiger partial charge >= 0.3 is 0 Å². The van der Waals surface area contributed by atoms with Crippen molar-refractivity contribution < 1.29 is 15.3 Å². The molecule has 8 nitrogen and oxygen atoms in total. The maximum Gasteiger partial charge on any atom is 0.147 e. The van der Waals surface area contributed by atoms with E-state index in [1.165, 1.54) is 31.3 Å². The van der Waals surface area contributed by atoms with Crippen LogP contribution in [0.5, 0.6) is 0 Å². The number of nitrogens with zero attached hydrogens (tertiary/aromatic N) is 2. The number of dihydropyridines is 1. The lowest BCUT2D eigenvalue weighted by atomic mass is 10.2. The highest BCUT2D eigenvalue weighted by Crippen LogP contribution is 2.27. The number of ether oxygens (including phenoxy) is 1. The summed E-state index contributed by atoms with van der Waals surface area (Å²) in [4.78, 5) is 2.18. The SMILES string of the molecule is CC.CCCCO.COC1C=CC(CN(C)c2[nH]ncc2NC2CCCC2)=CN1.O. The van der Waals surface area contributed by atoms with E-state index in [1.807, 2.05) is 32.3 Å². The van der Waals surface area contributed by atoms with Gasteiger partial charge in [0.2, 0.25) is 0 Å². The summed E-state index contributed by atoms with van der Waals surface area (Å²) in [5, 5.41) is 22.2. The number of anilines is 2. The first-order valence-electron chi connectivity index (χ1n) is 11.0. The molecule has 6 N–H and O–H groups in total. The van der Waals surface area contributed by atoms with Crippen molar-refractivity contribution in [2.45, 2.75) is 71.6 Å². The van der Waals surface area contributed by atoms with E-state index in [-0.39, 0.29) is 11.7 Å². The average molecular weight is 426 g/mol. The fourth-order valence-corrected chi connectivity index (χ4v) is 3.23. The Kier molecular flexibility index (Phi) is 15.6. The molecule has 1 fully saturated rings. The van der Waals surface area contributed by atoms with Crippen LogP contribution in [0.25, 0.3) is 0 Å². The first kappa shape index (κ1) is 28.0. The molecule has 3 rings (SSSR count). The van der Waals surface area contributed by atoms with Crippen LogP contribution in [0.1, 0.15) is 59.3 Å². The molecule has 0 saturated heterocycles. The summed E-state index contributed by atoms with van der Waals surface area (Å²) in [7, 11) is 3.77. The Bertz CT molecular complexity index is 595. The number of hydrogen-bond donors (Lipinski definition) is 4. The van der Waals surface area contributed by atoms with Crippen LogP contribution in [0.3, 0.4) is 0 Å². The number of unbranched alkanes of at least 4 members (excludes halogenated alkanes) is 1. The Morgan fingerprint density at radius 3 is 2.50 bits per heavy atom. The monoisotopic (exact) mass is 425 g/mol. The minimum Gasteiger partial charge on any atom is -0.412 e. The van der Waals surface area contributed by atoms with E-state index < -0.39 is 0 Å². The molecule has 0 amide bonds. The van der Waals surface area contributed by atoms with Crippen molar-refractivity contribution in [3.8, 4) is 0 Å². The Hall–Kier alpha value is -2.03. The zero-order valence-electron chi connectivity index (χ0n) is 19.4. The fraction of sp³-hybridized carbons (Fsp3) is 0.682. The van der Waals surface area contributed by atoms with Gasteiger partial charge in [0.25, 0.3) is 0 Å². The van der Waals surface area contributed by atoms with E-state index in [4.69, 9.17) is 9.84 Å². The number of hydrogen-bond acceptors (Lipinski definition) is 6. The van der Waals surface area contributed by atoms with Gasteiger partial charge in [-0.05, 0) is 30.9 Å². The summed E-state index contributed by atoms with van der Waals surface area (Å²) in [6.45, 7) is 7.20. The maximum absolute atomic E-state index is 8.07. The second-order valence-electron chi connectivity index (χ2n) is 7.09. The van der Waals surface area contributed by atoms with Crippen molar-refractivity contribution in [1.82, 2.24) is 15.5 Å². The molecule has 1 saturated carbocycles. The van der Waals surface area contributed by atoms with E-state index in [2.05, 4.69) is 45.8 Å². The summed E-state index contributed by atoms with van der Waals surface area (Å²) >= 11 is 0. The van der Waals surface area contributed by atoms with Gasteiger partial charge < -0.3 is 30.9 Å². The normalized spacial score (nSPS) is 17.4. The van der Waals surface area contributed by atoms with E-state index in [9.17, 15) is 0 Å². The number of aliphatic hydroxyl groups excluding tert-OH is 1. The smallest absolute Gasteiger partial charge is 0.147 e. The number of H-pyrrole nitrogens is 1. The zero-order chi connectivity index (χ0) is 21.5. The first-order chi connectivity index (χ1) is 14.2. The van der Waals surface area contributed by atoms with Gasteiger partial charge in [-0.1, -0.05) is 46.1 Å². The third-order valence-corrected chi connectivity index (χ3v) is 4.82. The second kappa shape index (κ2) is 16.7. The zero-order valence-corrected chi connectivity index (χ0v) is 19.4. The number of aliphatic hydroxyl groups is 1. The predicted octanol–water partition coefficient (Wildman–Crippen LogP) is 3.20. The van der Waals surface area contributed by atoms with Gasteiger partial charge in [-0.3, -0.25) is 5.10 Å². The average Bonchev–Trinajstić information content (AvgIpc) is 3.44. The van der Waals surface area contributed by atoms with Crippen molar-refractivity contribution in [2.75, 3.05) is 37.5 Å². The molecule has 1 aromatic rings. The lowest BCUT2D eigenvalue weighted by Crippen LogP contribution is -2.29. The molecule has 1 unspecified atom stereocenters. The Morgan fingerprint density at radius 1 is 1.30 bits per heavy atom. The number of aromatic amines is 1. The minimum atomic E-state index is -0.0270. The Labute approximate surface area is 182 Å². The minimum absolute atomic E-state index is 0. The van der Waals surface area contributed by atoms with Crippen molar-refractivity contribution in [3.63, 3.8) is 0 Å². The molecule has 30 heavy (non-hydrogen) atoms. The van der Waals surface area contributed by atoms with Crippen molar-refractivity contribution >= 4 is 11.5 Å². The van der Waals surface area contributed by atoms with Gasteiger partial charge in [0, 0.05) is 39.6 Å². The number of nitrogens with one attached hydrogen (secondary N) is 3. The third kappa shape index (κ3) is 9.65. The molecule has 2 heterocycles. The van der Waals surface area contributed by atoms with Crippen molar-refractivity contribution in [1.29, 1.82) is 0 Å². The predicted molar refractivity (Wildman–Crippen MR) is 126 cm³/mol. The summed E-state index contributed by atoms with van der Waals surface area (Å²) in [6, 6.07) is 0.586. The third-order valence-electron chi connectivity index (χ3n) is 4.82. The van der Waals surface area contributed by atoms with E-state index >= 15 is 0 Å². The molecule has 2 aliphatic rings. The maximum atomic E-state index is 8.07. The van der Waals surface area contributed by atoms with Crippen LogP contribution in [-0.2, 0) is 4.74 Å². The van der Waals surface area contributed by atoms with Gasteiger partial charge in [-0.2, -0.15) is 5.10 Å². The number of rotatable bonds is 8. The van der Waals surface area contributed by atoms with Crippen molar-refractivity contribution in [2.24, 2.45) is 0 Å². The number of methoxy groups -OCH3 is 1. The Balaban J connectivity index is 0.000000927. The lowest BCUT2D eigenvalue weighted by Gasteiger charge is -2.23. The lowest BCUT2D eigenvalue weighted by molar-refractivity contribution is 0.123. The van der Waals surface area contributed by atoms with Crippen LogP contribution in [-0.4, -0.2) is 60.4 Å². The molecule has 0 bridgehead atoms. The quantitative estimate of drug-likeness (QED) is 0.508. The molecule has 0 spiro atoms. The van der Waals surface area contributed by atoms with Crippen LogP contribution in [0.2, 0.25) is 0 Å². The molecular weight excluding hydrogens is 382 g/mol. The summed E-state index contributed by atoms with van der Waals surface area (Å²) < 4.78 is 5.23. The summed E-state index contributed by atoms with van der Waals surface area (Å²) in [5.74, 6) is 1.04. The highest BCUT2D eigenvalue weighted by Gasteiger charge is 2.18. The first-order valence-corrected chi connectivity index (χ1v) is 11.0. The number of likely N-dealkylation sites (N-methyl/N-ethyl adjacent to an activating group) is 1. The second-order valence-corrected chi connectivity index (χ2v) is 7.09. The molecule has 1 aliphatic heterocycles. The van der Waals surface area contributed by atoms with E-state index in [0.29, 0.717) is 12.6 Å². The van der Waals surface area contributed by atoms with Crippen LogP contribution in [0, 0.1) is 0 Å². The molecule has 1 aromatic heterocycles. The highest BCUT2D eigenvalue weighted by atomic mass is 16.5. The van der Waals surface area contributed by atoms with Gasteiger partial charge in [0.05, 0.1) is 11.9 Å². The molecule has 8 heteroatoms. The molecule has 0 aromatic carbocycles. The molecule has 1 atom stereocenters.